The molecule has 1 aliphatic rings. The zero-order valence-corrected chi connectivity index (χ0v) is 15.8. The Labute approximate surface area is 156 Å². The van der Waals surface area contributed by atoms with Crippen LogP contribution in [0.15, 0.2) is 29.3 Å². The summed E-state index contributed by atoms with van der Waals surface area (Å²) in [4.78, 5) is 4.58. The van der Waals surface area contributed by atoms with Crippen molar-refractivity contribution in [3.05, 3.63) is 35.6 Å². The Morgan fingerprint density at radius 3 is 2.73 bits per heavy atom. The second kappa shape index (κ2) is 12.7. The molecule has 0 bridgehead atoms. The summed E-state index contributed by atoms with van der Waals surface area (Å²) in [5, 5.41) is 6.56. The van der Waals surface area contributed by atoms with Crippen molar-refractivity contribution in [3.63, 3.8) is 0 Å². The van der Waals surface area contributed by atoms with E-state index in [1.54, 1.807) is 0 Å². The van der Waals surface area contributed by atoms with E-state index in [1.165, 1.54) is 12.1 Å². The lowest BCUT2D eigenvalue weighted by Crippen LogP contribution is -2.38. The first-order valence-electron chi connectivity index (χ1n) is 9.70. The van der Waals surface area contributed by atoms with Crippen molar-refractivity contribution in [1.82, 2.24) is 10.6 Å². The Balaban J connectivity index is 1.58. The molecule has 1 aromatic carbocycles. The monoisotopic (exact) mass is 365 g/mol. The average Bonchev–Trinajstić information content (AvgIpc) is 2.67. The second-order valence-electron chi connectivity index (χ2n) is 6.55. The van der Waals surface area contributed by atoms with Gasteiger partial charge in [0.2, 0.25) is 0 Å². The SMILES string of the molecule is CCNC(=NCCCOCC1CCOCC1)NCCc1ccc(F)cc1. The van der Waals surface area contributed by atoms with Gasteiger partial charge >= 0.3 is 0 Å². The van der Waals surface area contributed by atoms with Crippen LogP contribution in [0.2, 0.25) is 0 Å². The van der Waals surface area contributed by atoms with E-state index in [4.69, 9.17) is 9.47 Å². The Kier molecular flexibility index (Phi) is 10.1. The molecule has 1 fully saturated rings. The molecule has 0 spiro atoms. The van der Waals surface area contributed by atoms with Crippen LogP contribution >= 0.6 is 0 Å². The zero-order valence-electron chi connectivity index (χ0n) is 15.8. The molecule has 1 aromatic rings. The summed E-state index contributed by atoms with van der Waals surface area (Å²) in [6.07, 6.45) is 3.97. The molecule has 2 N–H and O–H groups in total. The number of nitrogens with one attached hydrogen (secondary N) is 2. The molecule has 0 aliphatic carbocycles. The van der Waals surface area contributed by atoms with Gasteiger partial charge in [0.1, 0.15) is 5.82 Å². The smallest absolute Gasteiger partial charge is 0.191 e. The van der Waals surface area contributed by atoms with Gasteiger partial charge in [-0.1, -0.05) is 12.1 Å². The summed E-state index contributed by atoms with van der Waals surface area (Å²) < 4.78 is 24.0. The Bertz CT molecular complexity index is 516. The van der Waals surface area contributed by atoms with Crippen LogP contribution in [0.4, 0.5) is 4.39 Å². The molecule has 0 atom stereocenters. The van der Waals surface area contributed by atoms with Crippen molar-refractivity contribution in [2.24, 2.45) is 10.9 Å². The van der Waals surface area contributed by atoms with Crippen LogP contribution in [0.25, 0.3) is 0 Å². The number of benzene rings is 1. The van der Waals surface area contributed by atoms with Gasteiger partial charge in [-0.3, -0.25) is 4.99 Å². The summed E-state index contributed by atoms with van der Waals surface area (Å²) in [5.74, 6) is 1.27. The van der Waals surface area contributed by atoms with Crippen molar-refractivity contribution in [3.8, 4) is 0 Å². The predicted octanol–water partition coefficient (Wildman–Crippen LogP) is 2.76. The number of rotatable bonds is 10. The maximum atomic E-state index is 12.9. The van der Waals surface area contributed by atoms with Crippen molar-refractivity contribution >= 4 is 5.96 Å². The first-order chi connectivity index (χ1) is 12.8. The molecule has 1 aliphatic heterocycles. The zero-order chi connectivity index (χ0) is 18.5. The molecule has 0 unspecified atom stereocenters. The number of hydrogen-bond donors (Lipinski definition) is 2. The standard InChI is InChI=1S/C20H32FN3O2/c1-2-22-20(24-12-8-17-4-6-19(21)7-5-17)23-11-3-13-26-16-18-9-14-25-15-10-18/h4-7,18H,2-3,8-16H2,1H3,(H2,22,23,24). The highest BCUT2D eigenvalue weighted by atomic mass is 19.1. The van der Waals surface area contributed by atoms with Crippen LogP contribution in [0, 0.1) is 11.7 Å². The minimum absolute atomic E-state index is 0.198. The lowest BCUT2D eigenvalue weighted by molar-refractivity contribution is 0.0205. The molecule has 0 aromatic heterocycles. The average molecular weight is 365 g/mol. The number of ether oxygens (including phenoxy) is 2. The summed E-state index contributed by atoms with van der Waals surface area (Å²) in [6, 6.07) is 6.62. The predicted molar refractivity (Wildman–Crippen MR) is 103 cm³/mol. The third-order valence-electron chi connectivity index (χ3n) is 4.37. The van der Waals surface area contributed by atoms with Gasteiger partial charge in [0, 0.05) is 46.1 Å². The molecule has 1 saturated heterocycles. The summed E-state index contributed by atoms with van der Waals surface area (Å²) >= 11 is 0. The fourth-order valence-electron chi connectivity index (χ4n) is 2.84. The van der Waals surface area contributed by atoms with Crippen LogP contribution < -0.4 is 10.6 Å². The molecular weight excluding hydrogens is 333 g/mol. The van der Waals surface area contributed by atoms with E-state index in [2.05, 4.69) is 15.6 Å². The van der Waals surface area contributed by atoms with Crippen molar-refractivity contribution < 1.29 is 13.9 Å². The lowest BCUT2D eigenvalue weighted by Gasteiger charge is -2.21. The first-order valence-corrected chi connectivity index (χ1v) is 9.70. The van der Waals surface area contributed by atoms with E-state index in [9.17, 15) is 4.39 Å². The fourth-order valence-corrected chi connectivity index (χ4v) is 2.84. The molecule has 0 amide bonds. The van der Waals surface area contributed by atoms with Crippen molar-refractivity contribution in [1.29, 1.82) is 0 Å². The van der Waals surface area contributed by atoms with Crippen LogP contribution in [0.1, 0.15) is 31.7 Å². The van der Waals surface area contributed by atoms with Gasteiger partial charge in [-0.15, -0.1) is 0 Å². The number of halogens is 1. The van der Waals surface area contributed by atoms with E-state index in [1.807, 2.05) is 19.1 Å². The fraction of sp³-hybridized carbons (Fsp3) is 0.650. The quantitative estimate of drug-likeness (QED) is 0.380. The number of nitrogens with zero attached hydrogens (tertiary/aromatic N) is 1. The topological polar surface area (TPSA) is 54.9 Å². The Morgan fingerprint density at radius 1 is 1.23 bits per heavy atom. The summed E-state index contributed by atoms with van der Waals surface area (Å²) in [7, 11) is 0. The highest BCUT2D eigenvalue weighted by Crippen LogP contribution is 2.14. The highest BCUT2D eigenvalue weighted by Gasteiger charge is 2.13. The van der Waals surface area contributed by atoms with Crippen molar-refractivity contribution in [2.45, 2.75) is 32.6 Å². The van der Waals surface area contributed by atoms with Gasteiger partial charge in [0.05, 0.1) is 0 Å². The molecule has 1 heterocycles. The number of guanidine groups is 1. The van der Waals surface area contributed by atoms with E-state index in [0.29, 0.717) is 5.92 Å². The third kappa shape index (κ3) is 8.63. The lowest BCUT2D eigenvalue weighted by atomic mass is 10.0. The van der Waals surface area contributed by atoms with Gasteiger partial charge in [-0.25, -0.2) is 4.39 Å². The molecule has 6 heteroatoms. The number of aliphatic imine (C=N–C) groups is 1. The van der Waals surface area contributed by atoms with Crippen LogP contribution in [-0.4, -0.2) is 52.0 Å². The van der Waals surface area contributed by atoms with Crippen LogP contribution in [0.5, 0.6) is 0 Å². The molecule has 146 valence electrons. The van der Waals surface area contributed by atoms with Gasteiger partial charge in [0.25, 0.3) is 0 Å². The van der Waals surface area contributed by atoms with Gasteiger partial charge in [0.15, 0.2) is 5.96 Å². The summed E-state index contributed by atoms with van der Waals surface area (Å²) in [5.41, 5.74) is 1.11. The van der Waals surface area contributed by atoms with E-state index in [0.717, 1.165) is 83.3 Å². The minimum Gasteiger partial charge on any atom is -0.381 e. The Hall–Kier alpha value is -1.66. The van der Waals surface area contributed by atoms with Crippen molar-refractivity contribution in [2.75, 3.05) is 46.1 Å². The van der Waals surface area contributed by atoms with E-state index < -0.39 is 0 Å². The minimum atomic E-state index is -0.198. The van der Waals surface area contributed by atoms with Gasteiger partial charge < -0.3 is 20.1 Å². The molecule has 0 radical (unpaired) electrons. The molecule has 0 saturated carbocycles. The highest BCUT2D eigenvalue weighted by molar-refractivity contribution is 5.79. The third-order valence-corrected chi connectivity index (χ3v) is 4.37. The normalized spacial score (nSPS) is 15.8. The van der Waals surface area contributed by atoms with Crippen LogP contribution in [-0.2, 0) is 15.9 Å². The molecule has 26 heavy (non-hydrogen) atoms. The van der Waals surface area contributed by atoms with Crippen LogP contribution in [0.3, 0.4) is 0 Å². The largest absolute Gasteiger partial charge is 0.381 e. The Morgan fingerprint density at radius 2 is 2.00 bits per heavy atom. The molecule has 2 rings (SSSR count). The summed E-state index contributed by atoms with van der Waals surface area (Å²) in [6.45, 7) is 7.69. The molecule has 5 nitrogen and oxygen atoms in total. The maximum Gasteiger partial charge on any atom is 0.191 e. The molecular formula is C20H32FN3O2. The van der Waals surface area contributed by atoms with E-state index in [-0.39, 0.29) is 5.82 Å². The number of hydrogen-bond acceptors (Lipinski definition) is 3. The van der Waals surface area contributed by atoms with Gasteiger partial charge in [-0.2, -0.15) is 0 Å². The maximum absolute atomic E-state index is 12.9. The first kappa shape index (κ1) is 20.6. The van der Waals surface area contributed by atoms with E-state index >= 15 is 0 Å². The second-order valence-corrected chi connectivity index (χ2v) is 6.55. The van der Waals surface area contributed by atoms with Gasteiger partial charge in [-0.05, 0) is 56.2 Å².